The molecule has 4 N–H and O–H groups in total. The van der Waals surface area contributed by atoms with Crippen LogP contribution in [-0.4, -0.2) is 76.8 Å². The van der Waals surface area contributed by atoms with Gasteiger partial charge >= 0.3 is 12.0 Å². The first-order valence-corrected chi connectivity index (χ1v) is 14.1. The van der Waals surface area contributed by atoms with Gasteiger partial charge < -0.3 is 30.5 Å². The first-order valence-electron chi connectivity index (χ1n) is 14.1. The van der Waals surface area contributed by atoms with Crippen molar-refractivity contribution >= 4 is 29.3 Å². The maximum Gasteiger partial charge on any atom is 0.335 e. The van der Waals surface area contributed by atoms with Crippen LogP contribution in [0, 0.1) is 11.7 Å². The maximum atomic E-state index is 13.5. The normalized spacial score (nSPS) is 17.6. The number of nitrogens with zero attached hydrogens (tertiary/aromatic N) is 2. The fraction of sp³-hybridized carbons (Fsp3) is 0.344. The number of hydrogen-bond acceptors (Lipinski definition) is 6. The second-order valence-corrected chi connectivity index (χ2v) is 11.0. The predicted octanol–water partition coefficient (Wildman–Crippen LogP) is 4.45. The number of aliphatic hydroxyl groups is 1. The minimum Gasteiger partial charge on any atom is -0.488 e. The zero-order chi connectivity index (χ0) is 31.1. The lowest BCUT2D eigenvalue weighted by Crippen LogP contribution is -2.47. The Morgan fingerprint density at radius 3 is 2.37 bits per heavy atom. The third kappa shape index (κ3) is 8.52. The number of carboxylic acids is 1. The molecule has 0 aromatic heterocycles. The molecule has 1 aliphatic rings. The summed E-state index contributed by atoms with van der Waals surface area (Å²) in [7, 11) is 1.95. The highest BCUT2D eigenvalue weighted by molar-refractivity contribution is 6.00. The number of ether oxygens (including phenoxy) is 1. The molecule has 1 aliphatic heterocycles. The lowest BCUT2D eigenvalue weighted by molar-refractivity contribution is -0.134. The molecule has 10 nitrogen and oxygen atoms in total. The number of benzene rings is 3. The number of urea groups is 1. The van der Waals surface area contributed by atoms with Crippen LogP contribution in [0.4, 0.5) is 20.6 Å². The Balaban J connectivity index is 1.54. The Kier molecular flexibility index (Phi) is 10.3. The number of anilines is 2. The number of hydrogen-bond donors (Lipinski definition) is 4. The molecule has 0 saturated heterocycles. The predicted molar refractivity (Wildman–Crippen MR) is 161 cm³/mol. The molecule has 3 aromatic carbocycles. The molecule has 0 aliphatic carbocycles. The zero-order valence-corrected chi connectivity index (χ0v) is 24.4. The van der Waals surface area contributed by atoms with Crippen LogP contribution in [-0.2, 0) is 17.8 Å². The van der Waals surface area contributed by atoms with Gasteiger partial charge in [-0.1, -0.05) is 19.1 Å². The van der Waals surface area contributed by atoms with Crippen LogP contribution < -0.4 is 15.4 Å². The first-order chi connectivity index (χ1) is 20.5. The van der Waals surface area contributed by atoms with Crippen molar-refractivity contribution in [3.05, 3.63) is 89.2 Å². The molecular weight excluding hydrogens is 555 g/mol. The molecule has 11 heteroatoms. The van der Waals surface area contributed by atoms with Crippen molar-refractivity contribution in [1.29, 1.82) is 0 Å². The van der Waals surface area contributed by atoms with Gasteiger partial charge in [0.1, 0.15) is 17.7 Å². The third-order valence-corrected chi connectivity index (χ3v) is 7.42. The van der Waals surface area contributed by atoms with E-state index in [2.05, 4.69) is 15.5 Å². The van der Waals surface area contributed by atoms with Crippen molar-refractivity contribution in [2.24, 2.45) is 5.92 Å². The Bertz CT molecular complexity index is 1430. The molecule has 4 rings (SSSR count). The lowest BCUT2D eigenvalue weighted by atomic mass is 10.0. The number of carbonyl (C=O) groups excluding carboxylic acids is 2. The van der Waals surface area contributed by atoms with E-state index in [0.29, 0.717) is 42.3 Å². The van der Waals surface area contributed by atoms with Crippen molar-refractivity contribution in [2.75, 3.05) is 37.4 Å². The molecule has 3 aromatic rings. The van der Waals surface area contributed by atoms with Crippen LogP contribution in [0.3, 0.4) is 0 Å². The number of halogens is 1. The number of carbonyl (C=O) groups is 3. The summed E-state index contributed by atoms with van der Waals surface area (Å²) in [5.74, 6) is -1.13. The van der Waals surface area contributed by atoms with Gasteiger partial charge in [0.2, 0.25) is 5.91 Å². The Labute approximate surface area is 250 Å². The van der Waals surface area contributed by atoms with Crippen LogP contribution >= 0.6 is 0 Å². The standard InChI is InChI=1S/C32H37FN4O6/c1-20-16-37(21(2)19-38)30(39)15-24-14-27(35-32(42)34-26-10-8-25(33)9-11-26)12-13-28(24)43-29(20)18-36(3)17-22-4-6-23(7-5-22)31(40)41/h4-14,20-21,29,38H,15-19H2,1-3H3,(H,40,41)(H2,34,35,42)/t20-,21-,29-/m1/s1. The molecule has 3 atom stereocenters. The highest BCUT2D eigenvalue weighted by Crippen LogP contribution is 2.29. The molecule has 228 valence electrons. The minimum absolute atomic E-state index is 0.0139. The smallest absolute Gasteiger partial charge is 0.335 e. The number of likely N-dealkylation sites (N-methyl/N-ethyl adjacent to an activating group) is 1. The average molecular weight is 593 g/mol. The van der Waals surface area contributed by atoms with Crippen molar-refractivity contribution in [1.82, 2.24) is 9.80 Å². The minimum atomic E-state index is -0.977. The van der Waals surface area contributed by atoms with Gasteiger partial charge in [0, 0.05) is 42.5 Å². The fourth-order valence-electron chi connectivity index (χ4n) is 4.99. The Morgan fingerprint density at radius 2 is 1.72 bits per heavy atom. The Hall–Kier alpha value is -4.48. The first kappa shape index (κ1) is 31.5. The monoisotopic (exact) mass is 592 g/mol. The summed E-state index contributed by atoms with van der Waals surface area (Å²) >= 11 is 0. The van der Waals surface area contributed by atoms with Crippen molar-refractivity contribution in [3.63, 3.8) is 0 Å². The van der Waals surface area contributed by atoms with E-state index in [-0.39, 0.29) is 36.5 Å². The molecule has 43 heavy (non-hydrogen) atoms. The molecule has 0 fully saturated rings. The van der Waals surface area contributed by atoms with Gasteiger partial charge in [-0.15, -0.1) is 0 Å². The molecular formula is C32H37FN4O6. The van der Waals surface area contributed by atoms with Crippen molar-refractivity contribution < 1.29 is 33.7 Å². The summed E-state index contributed by atoms with van der Waals surface area (Å²) in [6.07, 6.45) is -0.318. The van der Waals surface area contributed by atoms with Gasteiger partial charge in [-0.05, 0) is 74.1 Å². The average Bonchev–Trinajstić information content (AvgIpc) is 3.01. The van der Waals surface area contributed by atoms with Crippen LogP contribution in [0.2, 0.25) is 0 Å². The second-order valence-electron chi connectivity index (χ2n) is 11.0. The van der Waals surface area contributed by atoms with E-state index < -0.39 is 23.9 Å². The molecule has 1 heterocycles. The molecule has 0 saturated carbocycles. The number of amides is 3. The summed E-state index contributed by atoms with van der Waals surface area (Å²) in [5, 5.41) is 24.5. The SMILES string of the molecule is C[C@@H]1CN([C@H](C)CO)C(=O)Cc2cc(NC(=O)Nc3ccc(F)cc3)ccc2O[C@@H]1CN(C)Cc1ccc(C(=O)O)cc1. The lowest BCUT2D eigenvalue weighted by Gasteiger charge is -2.34. The molecule has 0 radical (unpaired) electrons. The second kappa shape index (κ2) is 14.1. The van der Waals surface area contributed by atoms with Crippen LogP contribution in [0.5, 0.6) is 5.75 Å². The quantitative estimate of drug-likeness (QED) is 0.289. The molecule has 0 unspecified atom stereocenters. The number of nitrogens with one attached hydrogen (secondary N) is 2. The van der Waals surface area contributed by atoms with Gasteiger partial charge in [-0.3, -0.25) is 9.69 Å². The summed E-state index contributed by atoms with van der Waals surface area (Å²) in [4.78, 5) is 41.0. The highest BCUT2D eigenvalue weighted by atomic mass is 19.1. The van der Waals surface area contributed by atoms with E-state index in [4.69, 9.17) is 4.74 Å². The molecule has 0 bridgehead atoms. The van der Waals surface area contributed by atoms with Gasteiger partial charge in [0.15, 0.2) is 0 Å². The van der Waals surface area contributed by atoms with Crippen LogP contribution in [0.15, 0.2) is 66.7 Å². The van der Waals surface area contributed by atoms with Crippen molar-refractivity contribution in [2.45, 2.75) is 39.0 Å². The van der Waals surface area contributed by atoms with Gasteiger partial charge in [-0.2, -0.15) is 0 Å². The molecule has 0 spiro atoms. The van der Waals surface area contributed by atoms with E-state index in [9.17, 15) is 29.0 Å². The molecule has 3 amide bonds. The van der Waals surface area contributed by atoms with Gasteiger partial charge in [0.05, 0.1) is 24.6 Å². The van der Waals surface area contributed by atoms with E-state index in [1.54, 1.807) is 54.3 Å². The third-order valence-electron chi connectivity index (χ3n) is 7.42. The van der Waals surface area contributed by atoms with E-state index in [1.165, 1.54) is 24.3 Å². The topological polar surface area (TPSA) is 131 Å². The number of rotatable bonds is 9. The van der Waals surface area contributed by atoms with Crippen LogP contribution in [0.25, 0.3) is 0 Å². The fourth-order valence-corrected chi connectivity index (χ4v) is 4.99. The number of fused-ring (bicyclic) bond motifs is 1. The summed E-state index contributed by atoms with van der Waals surface area (Å²) in [6, 6.07) is 16.3. The highest BCUT2D eigenvalue weighted by Gasteiger charge is 2.31. The zero-order valence-electron chi connectivity index (χ0n) is 24.4. The van der Waals surface area contributed by atoms with Crippen molar-refractivity contribution in [3.8, 4) is 5.75 Å². The van der Waals surface area contributed by atoms with E-state index in [0.717, 1.165) is 5.56 Å². The number of carboxylic acid groups (broad SMARTS) is 1. The Morgan fingerprint density at radius 1 is 1.07 bits per heavy atom. The van der Waals surface area contributed by atoms with Crippen LogP contribution in [0.1, 0.15) is 35.3 Å². The van der Waals surface area contributed by atoms with E-state index in [1.807, 2.05) is 14.0 Å². The summed E-state index contributed by atoms with van der Waals surface area (Å²) in [5.41, 5.74) is 2.63. The van der Waals surface area contributed by atoms with Gasteiger partial charge in [-0.25, -0.2) is 14.0 Å². The van der Waals surface area contributed by atoms with E-state index >= 15 is 0 Å². The maximum absolute atomic E-state index is 13.5. The number of aliphatic hydroxyl groups excluding tert-OH is 1. The summed E-state index contributed by atoms with van der Waals surface area (Å²) < 4.78 is 19.7. The van der Waals surface area contributed by atoms with Gasteiger partial charge in [0.25, 0.3) is 0 Å². The summed E-state index contributed by atoms with van der Waals surface area (Å²) in [6.45, 7) is 5.06. The largest absolute Gasteiger partial charge is 0.488 e. The number of aromatic carboxylic acids is 1.